The van der Waals surface area contributed by atoms with Gasteiger partial charge in [-0.1, -0.05) is 42.5 Å². The second-order valence-corrected chi connectivity index (χ2v) is 5.55. The summed E-state index contributed by atoms with van der Waals surface area (Å²) in [4.78, 5) is 0. The molecule has 1 aromatic heterocycles. The Balaban J connectivity index is 1.82. The van der Waals surface area contributed by atoms with E-state index in [9.17, 15) is 0 Å². The summed E-state index contributed by atoms with van der Waals surface area (Å²) in [5.74, 6) is 0. The number of hydrogen-bond donors (Lipinski definition) is 1. The quantitative estimate of drug-likeness (QED) is 0.778. The van der Waals surface area contributed by atoms with E-state index in [0.717, 1.165) is 12.8 Å². The van der Waals surface area contributed by atoms with Crippen LogP contribution in [0.25, 0.3) is 10.8 Å². The van der Waals surface area contributed by atoms with Crippen LogP contribution in [0.3, 0.4) is 0 Å². The highest BCUT2D eigenvalue weighted by molar-refractivity contribution is 5.85. The van der Waals surface area contributed by atoms with Crippen molar-refractivity contribution >= 4 is 10.8 Å². The fourth-order valence-corrected chi connectivity index (χ4v) is 2.87. The lowest BCUT2D eigenvalue weighted by Gasteiger charge is -2.16. The Morgan fingerprint density at radius 1 is 1.10 bits per heavy atom. The van der Waals surface area contributed by atoms with Gasteiger partial charge in [-0.2, -0.15) is 5.10 Å². The molecule has 3 nitrogen and oxygen atoms in total. The van der Waals surface area contributed by atoms with Crippen LogP contribution < -0.4 is 5.32 Å². The Hall–Kier alpha value is -2.13. The molecule has 0 aliphatic rings. The number of hydrogen-bond acceptors (Lipinski definition) is 2. The average Bonchev–Trinajstić information content (AvgIpc) is 2.92. The van der Waals surface area contributed by atoms with Crippen LogP contribution in [0, 0.1) is 0 Å². The second kappa shape index (κ2) is 6.10. The smallest absolute Gasteiger partial charge is 0.0522 e. The minimum Gasteiger partial charge on any atom is -0.316 e. The van der Waals surface area contributed by atoms with Gasteiger partial charge in [-0.3, -0.25) is 4.68 Å². The molecule has 0 saturated carbocycles. The number of fused-ring (bicyclic) bond motifs is 1. The Morgan fingerprint density at radius 2 is 1.90 bits per heavy atom. The molecule has 0 spiro atoms. The van der Waals surface area contributed by atoms with Crippen molar-refractivity contribution in [3.05, 3.63) is 66.0 Å². The Bertz CT molecular complexity index is 725. The fourth-order valence-electron chi connectivity index (χ4n) is 2.87. The number of benzene rings is 2. The summed E-state index contributed by atoms with van der Waals surface area (Å²) in [6.45, 7) is 0. The van der Waals surface area contributed by atoms with Gasteiger partial charge in [0.15, 0.2) is 0 Å². The van der Waals surface area contributed by atoms with Gasteiger partial charge in [0.1, 0.15) is 0 Å². The lowest BCUT2D eigenvalue weighted by molar-refractivity contribution is 0.558. The van der Waals surface area contributed by atoms with Crippen LogP contribution in [0.15, 0.2) is 54.9 Å². The van der Waals surface area contributed by atoms with Crippen LogP contribution in [-0.4, -0.2) is 22.9 Å². The van der Waals surface area contributed by atoms with Gasteiger partial charge in [0, 0.05) is 19.3 Å². The average molecular weight is 279 g/mol. The van der Waals surface area contributed by atoms with E-state index in [4.69, 9.17) is 0 Å². The van der Waals surface area contributed by atoms with Crippen molar-refractivity contribution in [2.45, 2.75) is 18.9 Å². The Morgan fingerprint density at radius 3 is 2.67 bits per heavy atom. The maximum atomic E-state index is 4.25. The van der Waals surface area contributed by atoms with Crippen LogP contribution in [0.4, 0.5) is 0 Å². The normalized spacial score (nSPS) is 12.7. The number of nitrogens with zero attached hydrogens (tertiary/aromatic N) is 2. The van der Waals surface area contributed by atoms with E-state index in [2.05, 4.69) is 59.1 Å². The minimum atomic E-state index is 0.417. The molecule has 0 saturated heterocycles. The number of rotatable bonds is 5. The van der Waals surface area contributed by atoms with Gasteiger partial charge < -0.3 is 5.32 Å². The van der Waals surface area contributed by atoms with Crippen molar-refractivity contribution in [3.8, 4) is 0 Å². The molecule has 1 atom stereocenters. The number of likely N-dealkylation sites (N-methyl/N-ethyl adjacent to an activating group) is 1. The maximum Gasteiger partial charge on any atom is 0.0522 e. The molecular formula is C18H21N3. The van der Waals surface area contributed by atoms with Gasteiger partial charge in [0.2, 0.25) is 0 Å². The van der Waals surface area contributed by atoms with Crippen molar-refractivity contribution in [1.29, 1.82) is 0 Å². The largest absolute Gasteiger partial charge is 0.316 e. The zero-order chi connectivity index (χ0) is 14.7. The molecular weight excluding hydrogens is 258 g/mol. The molecule has 1 N–H and O–H groups in total. The second-order valence-electron chi connectivity index (χ2n) is 5.55. The van der Waals surface area contributed by atoms with Crippen LogP contribution in [-0.2, 0) is 19.9 Å². The molecule has 1 unspecified atom stereocenters. The third kappa shape index (κ3) is 3.14. The molecule has 0 aliphatic heterocycles. The van der Waals surface area contributed by atoms with Gasteiger partial charge in [-0.05, 0) is 41.8 Å². The summed E-state index contributed by atoms with van der Waals surface area (Å²) in [6, 6.07) is 15.6. The summed E-state index contributed by atoms with van der Waals surface area (Å²) in [7, 11) is 3.99. The predicted octanol–water partition coefficient (Wildman–Crippen LogP) is 2.95. The van der Waals surface area contributed by atoms with Gasteiger partial charge in [-0.25, -0.2) is 0 Å². The topological polar surface area (TPSA) is 29.9 Å². The van der Waals surface area contributed by atoms with Gasteiger partial charge in [0.05, 0.1) is 6.20 Å². The highest BCUT2D eigenvalue weighted by atomic mass is 15.2. The van der Waals surface area contributed by atoms with Crippen LogP contribution in [0.2, 0.25) is 0 Å². The van der Waals surface area contributed by atoms with Gasteiger partial charge in [-0.15, -0.1) is 0 Å². The van der Waals surface area contributed by atoms with Crippen molar-refractivity contribution in [2.75, 3.05) is 7.05 Å². The van der Waals surface area contributed by atoms with E-state index < -0.39 is 0 Å². The highest BCUT2D eigenvalue weighted by Gasteiger charge is 2.11. The number of nitrogens with one attached hydrogen (secondary N) is 1. The van der Waals surface area contributed by atoms with Crippen molar-refractivity contribution in [1.82, 2.24) is 15.1 Å². The zero-order valence-electron chi connectivity index (χ0n) is 12.6. The third-order valence-corrected chi connectivity index (χ3v) is 3.99. The summed E-state index contributed by atoms with van der Waals surface area (Å²) in [5.41, 5.74) is 2.67. The molecule has 1 heterocycles. The standard InChI is InChI=1S/C18H21N3/c1-19-17(10-14-12-20-21(2)13-14)11-16-8-5-7-15-6-3-4-9-18(15)16/h3-9,12-13,17,19H,10-11H2,1-2H3. The first kappa shape index (κ1) is 13.8. The molecule has 0 radical (unpaired) electrons. The molecule has 0 bridgehead atoms. The summed E-state index contributed by atoms with van der Waals surface area (Å²) in [5, 5.41) is 10.4. The van der Waals surface area contributed by atoms with Crippen molar-refractivity contribution in [2.24, 2.45) is 7.05 Å². The van der Waals surface area contributed by atoms with Crippen LogP contribution in [0.1, 0.15) is 11.1 Å². The number of aromatic nitrogens is 2. The predicted molar refractivity (Wildman–Crippen MR) is 87.4 cm³/mol. The lowest BCUT2D eigenvalue weighted by atomic mass is 9.96. The molecule has 0 fully saturated rings. The van der Waals surface area contributed by atoms with Crippen molar-refractivity contribution < 1.29 is 0 Å². The SMILES string of the molecule is CNC(Cc1cnn(C)c1)Cc1cccc2ccccc12. The summed E-state index contributed by atoms with van der Waals surface area (Å²) < 4.78 is 1.86. The molecule has 2 aromatic carbocycles. The summed E-state index contributed by atoms with van der Waals surface area (Å²) in [6.07, 6.45) is 6.06. The van der Waals surface area contributed by atoms with E-state index >= 15 is 0 Å². The highest BCUT2D eigenvalue weighted by Crippen LogP contribution is 2.20. The van der Waals surface area contributed by atoms with E-state index in [1.54, 1.807) is 0 Å². The minimum absolute atomic E-state index is 0.417. The van der Waals surface area contributed by atoms with E-state index in [-0.39, 0.29) is 0 Å². The molecule has 108 valence electrons. The van der Waals surface area contributed by atoms with Crippen molar-refractivity contribution in [3.63, 3.8) is 0 Å². The molecule has 3 rings (SSSR count). The molecule has 3 heteroatoms. The van der Waals surface area contributed by atoms with Gasteiger partial charge in [0.25, 0.3) is 0 Å². The van der Waals surface area contributed by atoms with E-state index in [1.807, 2.05) is 25.0 Å². The first-order valence-electron chi connectivity index (χ1n) is 7.37. The first-order valence-corrected chi connectivity index (χ1v) is 7.37. The Labute approximate surface area is 125 Å². The third-order valence-electron chi connectivity index (χ3n) is 3.99. The fraction of sp³-hybridized carbons (Fsp3) is 0.278. The van der Waals surface area contributed by atoms with E-state index in [1.165, 1.54) is 21.9 Å². The zero-order valence-corrected chi connectivity index (χ0v) is 12.6. The van der Waals surface area contributed by atoms with Crippen LogP contribution >= 0.6 is 0 Å². The maximum absolute atomic E-state index is 4.25. The molecule has 0 amide bonds. The molecule has 21 heavy (non-hydrogen) atoms. The molecule has 3 aromatic rings. The Kier molecular flexibility index (Phi) is 4.02. The van der Waals surface area contributed by atoms with Gasteiger partial charge >= 0.3 is 0 Å². The summed E-state index contributed by atoms with van der Waals surface area (Å²) >= 11 is 0. The first-order chi connectivity index (χ1) is 10.3. The number of aryl methyl sites for hydroxylation is 1. The molecule has 0 aliphatic carbocycles. The van der Waals surface area contributed by atoms with E-state index in [0.29, 0.717) is 6.04 Å². The van der Waals surface area contributed by atoms with Crippen LogP contribution in [0.5, 0.6) is 0 Å². The lowest BCUT2D eigenvalue weighted by Crippen LogP contribution is -2.29. The monoisotopic (exact) mass is 279 g/mol.